The average molecular weight is 319 g/mol. The van der Waals surface area contributed by atoms with Gasteiger partial charge in [-0.2, -0.15) is 16.9 Å². The van der Waals surface area contributed by atoms with Crippen molar-refractivity contribution in [1.82, 2.24) is 14.7 Å². The summed E-state index contributed by atoms with van der Waals surface area (Å²) in [5, 5.41) is 4.61. The van der Waals surface area contributed by atoms with Crippen molar-refractivity contribution in [3.63, 3.8) is 0 Å². The van der Waals surface area contributed by atoms with Gasteiger partial charge in [0.05, 0.1) is 23.7 Å². The number of likely N-dealkylation sites (tertiary alicyclic amines) is 1. The van der Waals surface area contributed by atoms with E-state index in [9.17, 15) is 9.59 Å². The zero-order valence-corrected chi connectivity index (χ0v) is 13.5. The first-order chi connectivity index (χ1) is 10.7. The van der Waals surface area contributed by atoms with Gasteiger partial charge in [-0.3, -0.25) is 19.2 Å². The van der Waals surface area contributed by atoms with Gasteiger partial charge in [-0.05, 0) is 31.1 Å². The fourth-order valence-electron chi connectivity index (χ4n) is 3.93. The van der Waals surface area contributed by atoms with Crippen LogP contribution in [0, 0.1) is 5.41 Å². The van der Waals surface area contributed by atoms with Crippen molar-refractivity contribution in [3.05, 3.63) is 18.0 Å². The normalized spacial score (nSPS) is 29.4. The van der Waals surface area contributed by atoms with E-state index in [-0.39, 0.29) is 11.8 Å². The van der Waals surface area contributed by atoms with Gasteiger partial charge < -0.3 is 0 Å². The summed E-state index contributed by atoms with van der Waals surface area (Å²) >= 11 is 1.79. The van der Waals surface area contributed by atoms with Gasteiger partial charge in [0.1, 0.15) is 0 Å². The molecule has 2 aliphatic heterocycles. The van der Waals surface area contributed by atoms with Crippen LogP contribution in [-0.4, -0.2) is 38.0 Å². The van der Waals surface area contributed by atoms with Crippen LogP contribution >= 0.6 is 11.8 Å². The fraction of sp³-hybridized carbons (Fsp3) is 0.688. The van der Waals surface area contributed by atoms with Crippen LogP contribution in [0.3, 0.4) is 0 Å². The molecule has 2 amide bonds. The van der Waals surface area contributed by atoms with Crippen molar-refractivity contribution in [1.29, 1.82) is 0 Å². The van der Waals surface area contributed by atoms with Gasteiger partial charge in [0.2, 0.25) is 11.8 Å². The van der Waals surface area contributed by atoms with E-state index in [1.165, 1.54) is 30.6 Å². The molecule has 1 spiro atoms. The summed E-state index contributed by atoms with van der Waals surface area (Å²) < 4.78 is 2.02. The Bertz CT molecular complexity index is 600. The Balaban J connectivity index is 1.49. The zero-order chi connectivity index (χ0) is 15.2. The lowest BCUT2D eigenvalue weighted by molar-refractivity contribution is -0.141. The van der Waals surface area contributed by atoms with E-state index in [1.54, 1.807) is 11.8 Å². The smallest absolute Gasteiger partial charge is 0.237 e. The van der Waals surface area contributed by atoms with Crippen molar-refractivity contribution in [2.75, 3.05) is 11.5 Å². The topological polar surface area (TPSA) is 55.2 Å². The van der Waals surface area contributed by atoms with Crippen molar-refractivity contribution in [2.24, 2.45) is 5.41 Å². The number of carbonyl (C=O) groups excluding carboxylic acids is 2. The molecule has 0 N–H and O–H groups in total. The minimum Gasteiger partial charge on any atom is -0.276 e. The summed E-state index contributed by atoms with van der Waals surface area (Å²) in [6, 6.07) is 2.45. The third kappa shape index (κ3) is 2.28. The van der Waals surface area contributed by atoms with Crippen molar-refractivity contribution < 1.29 is 9.59 Å². The molecule has 0 unspecified atom stereocenters. The monoisotopic (exact) mass is 319 g/mol. The molecule has 3 heterocycles. The van der Waals surface area contributed by atoms with Crippen LogP contribution < -0.4 is 0 Å². The predicted molar refractivity (Wildman–Crippen MR) is 84.3 cm³/mol. The van der Waals surface area contributed by atoms with Gasteiger partial charge >= 0.3 is 0 Å². The van der Waals surface area contributed by atoms with Crippen LogP contribution in [0.25, 0.3) is 0 Å². The molecule has 0 radical (unpaired) electrons. The van der Waals surface area contributed by atoms with E-state index >= 15 is 0 Å². The quantitative estimate of drug-likeness (QED) is 0.803. The molecule has 22 heavy (non-hydrogen) atoms. The lowest BCUT2D eigenvalue weighted by Gasteiger charge is -2.19. The highest BCUT2D eigenvalue weighted by Gasteiger charge is 2.53. The van der Waals surface area contributed by atoms with E-state index in [1.807, 2.05) is 16.9 Å². The molecule has 3 aliphatic rings. The maximum Gasteiger partial charge on any atom is 0.237 e. The number of hydrogen-bond donors (Lipinski definition) is 0. The minimum atomic E-state index is -0.407. The summed E-state index contributed by atoms with van der Waals surface area (Å²) in [6.07, 6.45) is 8.13. The first-order valence-electron chi connectivity index (χ1n) is 8.15. The van der Waals surface area contributed by atoms with Gasteiger partial charge in [-0.25, -0.2) is 0 Å². The molecule has 0 bridgehead atoms. The highest BCUT2D eigenvalue weighted by Crippen LogP contribution is 2.45. The maximum absolute atomic E-state index is 12.7. The minimum absolute atomic E-state index is 0.0251. The van der Waals surface area contributed by atoms with Crippen LogP contribution in [0.15, 0.2) is 12.3 Å². The number of nitrogens with zero attached hydrogens (tertiary/aromatic N) is 3. The Labute approximate surface area is 134 Å². The van der Waals surface area contributed by atoms with Crippen LogP contribution in [0.1, 0.15) is 50.3 Å². The lowest BCUT2D eigenvalue weighted by atomic mass is 9.86. The molecule has 1 aromatic heterocycles. The molecule has 1 atom stereocenters. The third-order valence-corrected chi connectivity index (χ3v) is 6.52. The summed E-state index contributed by atoms with van der Waals surface area (Å²) in [6.45, 7) is 0.337. The van der Waals surface area contributed by atoms with E-state index in [4.69, 9.17) is 0 Å². The first kappa shape index (κ1) is 14.3. The van der Waals surface area contributed by atoms with Gasteiger partial charge in [0, 0.05) is 18.4 Å². The highest BCUT2D eigenvalue weighted by molar-refractivity contribution is 7.99. The second kappa shape index (κ2) is 5.41. The second-order valence-corrected chi connectivity index (χ2v) is 7.88. The number of aromatic nitrogens is 2. The molecule has 4 rings (SSSR count). The van der Waals surface area contributed by atoms with E-state index in [0.717, 1.165) is 23.6 Å². The molecule has 5 nitrogen and oxygen atoms in total. The zero-order valence-electron chi connectivity index (χ0n) is 12.7. The molecular formula is C16H21N3O2S. The Hall–Kier alpha value is -1.30. The number of thioether (sulfide) groups is 1. The van der Waals surface area contributed by atoms with Crippen LogP contribution in [-0.2, 0) is 16.1 Å². The molecule has 1 saturated carbocycles. The molecule has 118 valence electrons. The van der Waals surface area contributed by atoms with E-state index < -0.39 is 5.41 Å². The number of amides is 2. The van der Waals surface area contributed by atoms with Crippen molar-refractivity contribution >= 4 is 23.6 Å². The Morgan fingerprint density at radius 3 is 2.86 bits per heavy atom. The van der Waals surface area contributed by atoms with Crippen LogP contribution in [0.5, 0.6) is 0 Å². The first-order valence-corrected chi connectivity index (χ1v) is 9.30. The molecule has 3 fully saturated rings. The molecule has 1 aliphatic carbocycles. The van der Waals surface area contributed by atoms with Crippen molar-refractivity contribution in [3.8, 4) is 0 Å². The van der Waals surface area contributed by atoms with Gasteiger partial charge in [0.25, 0.3) is 0 Å². The Kier molecular flexibility index (Phi) is 3.51. The molecule has 2 saturated heterocycles. The van der Waals surface area contributed by atoms with Crippen molar-refractivity contribution in [2.45, 2.75) is 51.1 Å². The van der Waals surface area contributed by atoms with Crippen LogP contribution in [0.4, 0.5) is 0 Å². The molecule has 0 aromatic carbocycles. The third-order valence-electron chi connectivity index (χ3n) is 5.28. The summed E-state index contributed by atoms with van der Waals surface area (Å²) in [4.78, 5) is 26.4. The SMILES string of the molecule is O=C1C[C@]2(CCSC2)C(=O)N1Cc1ccn(C2CCCC2)n1. The largest absolute Gasteiger partial charge is 0.276 e. The fourth-order valence-corrected chi connectivity index (χ4v) is 5.37. The Morgan fingerprint density at radius 1 is 1.32 bits per heavy atom. The van der Waals surface area contributed by atoms with E-state index in [2.05, 4.69) is 5.10 Å². The highest BCUT2D eigenvalue weighted by atomic mass is 32.2. The molecule has 1 aromatic rings. The second-order valence-electron chi connectivity index (χ2n) is 6.77. The predicted octanol–water partition coefficient (Wildman–Crippen LogP) is 2.38. The lowest BCUT2D eigenvalue weighted by Crippen LogP contribution is -2.35. The average Bonchev–Trinajstić information content (AvgIpc) is 3.25. The number of imide groups is 1. The summed E-state index contributed by atoms with van der Waals surface area (Å²) in [5.41, 5.74) is 0.423. The number of hydrogen-bond acceptors (Lipinski definition) is 4. The van der Waals surface area contributed by atoms with Gasteiger partial charge in [0.15, 0.2) is 0 Å². The summed E-state index contributed by atoms with van der Waals surface area (Å²) in [5.74, 6) is 1.79. The maximum atomic E-state index is 12.7. The Morgan fingerprint density at radius 2 is 2.14 bits per heavy atom. The van der Waals surface area contributed by atoms with E-state index in [0.29, 0.717) is 19.0 Å². The van der Waals surface area contributed by atoms with Gasteiger partial charge in [-0.15, -0.1) is 0 Å². The van der Waals surface area contributed by atoms with Gasteiger partial charge in [-0.1, -0.05) is 12.8 Å². The standard InChI is InChI=1S/C16H21N3O2S/c20-14-9-16(6-8-22-11-16)15(21)18(14)10-12-5-7-19(17-12)13-3-1-2-4-13/h5,7,13H,1-4,6,8-11H2/t16-/m0/s1. The number of rotatable bonds is 3. The summed E-state index contributed by atoms with van der Waals surface area (Å²) in [7, 11) is 0. The molecular weight excluding hydrogens is 298 g/mol. The molecule has 6 heteroatoms. The number of carbonyl (C=O) groups is 2. The van der Waals surface area contributed by atoms with Crippen LogP contribution in [0.2, 0.25) is 0 Å².